The summed E-state index contributed by atoms with van der Waals surface area (Å²) >= 11 is 0. The van der Waals surface area contributed by atoms with Crippen molar-refractivity contribution in [3.8, 4) is 0 Å². The highest BCUT2D eigenvalue weighted by Gasteiger charge is 2.17. The van der Waals surface area contributed by atoms with Gasteiger partial charge < -0.3 is 5.73 Å². The van der Waals surface area contributed by atoms with E-state index in [1.54, 1.807) is 6.92 Å². The molecule has 11 heavy (non-hydrogen) atoms. The van der Waals surface area contributed by atoms with Gasteiger partial charge in [-0.2, -0.15) is 0 Å². The first-order valence-electron chi connectivity index (χ1n) is 3.84. The van der Waals surface area contributed by atoms with Crippen molar-refractivity contribution in [2.45, 2.75) is 39.3 Å². The zero-order chi connectivity index (χ0) is 9.02. The Bertz CT molecular complexity index is 136. The van der Waals surface area contributed by atoms with Crippen LogP contribution in [0.25, 0.3) is 0 Å². The second kappa shape index (κ2) is 4.31. The van der Waals surface area contributed by atoms with Gasteiger partial charge in [-0.05, 0) is 20.3 Å². The molecule has 4 nitrogen and oxygen atoms in total. The second-order valence-corrected chi connectivity index (χ2v) is 2.79. The number of carbonyl (C=O) groups excluding carboxylic acids is 1. The number of nitrogens with zero attached hydrogens (tertiary/aromatic N) is 1. The minimum absolute atomic E-state index is 0.0634. The fourth-order valence-electron chi connectivity index (χ4n) is 0.649. The number of hydrogen-bond donors (Lipinski definition) is 2. The van der Waals surface area contributed by atoms with Gasteiger partial charge in [-0.1, -0.05) is 6.92 Å². The van der Waals surface area contributed by atoms with Crippen molar-refractivity contribution >= 4 is 5.91 Å². The van der Waals surface area contributed by atoms with Gasteiger partial charge in [-0.25, -0.2) is 5.84 Å². The van der Waals surface area contributed by atoms with Crippen LogP contribution in [0.4, 0.5) is 0 Å². The van der Waals surface area contributed by atoms with Gasteiger partial charge in [0, 0.05) is 6.04 Å². The molecule has 4 N–H and O–H groups in total. The highest BCUT2D eigenvalue weighted by Crippen LogP contribution is 1.98. The van der Waals surface area contributed by atoms with Crippen molar-refractivity contribution in [2.75, 3.05) is 0 Å². The third-order valence-electron chi connectivity index (χ3n) is 1.71. The molecule has 2 atom stereocenters. The molecular formula is C7H17N3O. The standard InChI is InChI=1S/C7H17N3O/c1-4-5(2)10(9)7(11)6(3)8/h5-6H,4,8-9H2,1-3H3/t5?,6-/m0/s1. The Hall–Kier alpha value is -0.610. The van der Waals surface area contributed by atoms with E-state index >= 15 is 0 Å². The molecule has 0 aliphatic heterocycles. The van der Waals surface area contributed by atoms with Gasteiger partial charge in [0.1, 0.15) is 0 Å². The Balaban J connectivity index is 4.02. The molecule has 1 unspecified atom stereocenters. The zero-order valence-corrected chi connectivity index (χ0v) is 7.37. The minimum atomic E-state index is -0.506. The molecule has 0 aromatic rings. The van der Waals surface area contributed by atoms with E-state index in [-0.39, 0.29) is 11.9 Å². The maximum absolute atomic E-state index is 11.1. The summed E-state index contributed by atoms with van der Waals surface area (Å²) in [4.78, 5) is 11.1. The molecule has 0 aromatic heterocycles. The maximum atomic E-state index is 11.1. The normalized spacial score (nSPS) is 15.7. The zero-order valence-electron chi connectivity index (χ0n) is 7.37. The van der Waals surface area contributed by atoms with E-state index in [1.165, 1.54) is 5.01 Å². The smallest absolute Gasteiger partial charge is 0.253 e. The molecule has 0 spiro atoms. The van der Waals surface area contributed by atoms with Gasteiger partial charge >= 0.3 is 0 Å². The SMILES string of the molecule is CCC(C)N(N)C(=O)[C@H](C)N. The molecule has 4 heteroatoms. The molecule has 0 aromatic carbocycles. The van der Waals surface area contributed by atoms with E-state index in [2.05, 4.69) is 0 Å². The van der Waals surface area contributed by atoms with Crippen molar-refractivity contribution in [3.63, 3.8) is 0 Å². The molecule has 0 heterocycles. The monoisotopic (exact) mass is 159 g/mol. The molecule has 0 fully saturated rings. The van der Waals surface area contributed by atoms with E-state index in [0.29, 0.717) is 0 Å². The van der Waals surface area contributed by atoms with Crippen molar-refractivity contribution in [1.82, 2.24) is 5.01 Å². The summed E-state index contributed by atoms with van der Waals surface area (Å²) in [6.45, 7) is 5.49. The Morgan fingerprint density at radius 1 is 1.55 bits per heavy atom. The number of nitrogens with two attached hydrogens (primary N) is 2. The summed E-state index contributed by atoms with van der Waals surface area (Å²) in [7, 11) is 0. The van der Waals surface area contributed by atoms with Crippen LogP contribution in [0.5, 0.6) is 0 Å². The Morgan fingerprint density at radius 2 is 2.00 bits per heavy atom. The largest absolute Gasteiger partial charge is 0.320 e. The molecule has 0 aliphatic rings. The topological polar surface area (TPSA) is 72.3 Å². The fourth-order valence-corrected chi connectivity index (χ4v) is 0.649. The molecule has 0 bridgehead atoms. The van der Waals surface area contributed by atoms with Gasteiger partial charge in [0.2, 0.25) is 0 Å². The molecular weight excluding hydrogens is 142 g/mol. The third kappa shape index (κ3) is 2.86. The predicted octanol–water partition coefficient (Wildman–Crippen LogP) is -0.166. The molecule has 0 saturated heterocycles. The van der Waals surface area contributed by atoms with E-state index in [1.807, 2.05) is 13.8 Å². The second-order valence-electron chi connectivity index (χ2n) is 2.79. The van der Waals surface area contributed by atoms with Crippen LogP contribution in [0.2, 0.25) is 0 Å². The quantitative estimate of drug-likeness (QED) is 0.341. The van der Waals surface area contributed by atoms with Crippen LogP contribution in [0.3, 0.4) is 0 Å². The first kappa shape index (κ1) is 10.4. The lowest BCUT2D eigenvalue weighted by Crippen LogP contribution is -2.50. The van der Waals surface area contributed by atoms with Crippen LogP contribution in [-0.2, 0) is 4.79 Å². The Morgan fingerprint density at radius 3 is 2.27 bits per heavy atom. The lowest BCUT2D eigenvalue weighted by Gasteiger charge is -2.24. The first-order chi connectivity index (χ1) is 5.00. The highest BCUT2D eigenvalue weighted by molar-refractivity contribution is 5.80. The number of hydrazine groups is 1. The maximum Gasteiger partial charge on any atom is 0.253 e. The van der Waals surface area contributed by atoms with E-state index in [4.69, 9.17) is 11.6 Å². The summed E-state index contributed by atoms with van der Waals surface area (Å²) in [5.74, 6) is 5.27. The van der Waals surface area contributed by atoms with E-state index in [0.717, 1.165) is 6.42 Å². The van der Waals surface area contributed by atoms with Gasteiger partial charge in [0.25, 0.3) is 5.91 Å². The minimum Gasteiger partial charge on any atom is -0.320 e. The summed E-state index contributed by atoms with van der Waals surface area (Å²) < 4.78 is 0. The van der Waals surface area contributed by atoms with Crippen molar-refractivity contribution in [1.29, 1.82) is 0 Å². The van der Waals surface area contributed by atoms with Crippen LogP contribution < -0.4 is 11.6 Å². The van der Waals surface area contributed by atoms with E-state index < -0.39 is 6.04 Å². The average Bonchev–Trinajstić information content (AvgIpc) is 2.00. The van der Waals surface area contributed by atoms with Crippen LogP contribution in [0.15, 0.2) is 0 Å². The number of rotatable bonds is 3. The van der Waals surface area contributed by atoms with Crippen molar-refractivity contribution in [2.24, 2.45) is 11.6 Å². The lowest BCUT2D eigenvalue weighted by molar-refractivity contribution is -0.134. The lowest BCUT2D eigenvalue weighted by atomic mass is 10.2. The third-order valence-corrected chi connectivity index (χ3v) is 1.71. The predicted molar refractivity (Wildman–Crippen MR) is 44.4 cm³/mol. The molecule has 0 radical (unpaired) electrons. The number of amides is 1. The molecule has 0 rings (SSSR count). The molecule has 0 aliphatic carbocycles. The molecule has 66 valence electrons. The van der Waals surface area contributed by atoms with Crippen molar-refractivity contribution < 1.29 is 4.79 Å². The van der Waals surface area contributed by atoms with Crippen molar-refractivity contribution in [3.05, 3.63) is 0 Å². The van der Waals surface area contributed by atoms with Gasteiger partial charge in [-0.15, -0.1) is 0 Å². The van der Waals surface area contributed by atoms with Gasteiger partial charge in [0.15, 0.2) is 0 Å². The summed E-state index contributed by atoms with van der Waals surface area (Å²) in [5, 5.41) is 1.20. The fraction of sp³-hybridized carbons (Fsp3) is 0.857. The highest BCUT2D eigenvalue weighted by atomic mass is 16.2. The summed E-state index contributed by atoms with van der Waals surface area (Å²) in [6.07, 6.45) is 0.842. The number of carbonyl (C=O) groups is 1. The van der Waals surface area contributed by atoms with Crippen LogP contribution in [0.1, 0.15) is 27.2 Å². The average molecular weight is 159 g/mol. The Kier molecular flexibility index (Phi) is 4.07. The van der Waals surface area contributed by atoms with E-state index in [9.17, 15) is 4.79 Å². The van der Waals surface area contributed by atoms with Gasteiger partial charge in [0.05, 0.1) is 6.04 Å². The Labute approximate surface area is 67.5 Å². The van der Waals surface area contributed by atoms with Crippen LogP contribution >= 0.6 is 0 Å². The van der Waals surface area contributed by atoms with Crippen LogP contribution in [0, 0.1) is 0 Å². The molecule has 1 amide bonds. The first-order valence-corrected chi connectivity index (χ1v) is 3.84. The molecule has 0 saturated carbocycles. The van der Waals surface area contributed by atoms with Crippen LogP contribution in [-0.4, -0.2) is 23.0 Å². The summed E-state index contributed by atoms with van der Waals surface area (Å²) in [6, 6.07) is -0.442. The van der Waals surface area contributed by atoms with Gasteiger partial charge in [-0.3, -0.25) is 9.80 Å². The number of hydrogen-bond acceptors (Lipinski definition) is 3. The summed E-state index contributed by atoms with van der Waals surface area (Å²) in [5.41, 5.74) is 5.36.